The molecule has 7 heteroatoms. The van der Waals surface area contributed by atoms with Crippen LogP contribution < -0.4 is 5.32 Å². The Balaban J connectivity index is 1.36. The van der Waals surface area contributed by atoms with E-state index in [2.05, 4.69) is 29.6 Å². The average Bonchev–Trinajstić information content (AvgIpc) is 3.08. The number of alkyl carbamates (subject to hydrolysis) is 1. The van der Waals surface area contributed by atoms with Crippen LogP contribution in [0.4, 0.5) is 4.79 Å². The Morgan fingerprint density at radius 2 is 1.61 bits per heavy atom. The molecule has 4 rings (SSSR count). The Bertz CT molecular complexity index is 1050. The Kier molecular flexibility index (Phi) is 5.91. The van der Waals surface area contributed by atoms with Gasteiger partial charge in [0.1, 0.15) is 12.6 Å². The Labute approximate surface area is 193 Å². The van der Waals surface area contributed by atoms with E-state index < -0.39 is 35.5 Å². The maximum atomic E-state index is 12.9. The van der Waals surface area contributed by atoms with E-state index in [9.17, 15) is 19.5 Å². The zero-order valence-corrected chi connectivity index (χ0v) is 19.4. The number of rotatable bonds is 6. The van der Waals surface area contributed by atoms with Gasteiger partial charge in [0.2, 0.25) is 5.91 Å². The molecular weight excluding hydrogens is 420 g/mol. The van der Waals surface area contributed by atoms with Gasteiger partial charge in [0.25, 0.3) is 0 Å². The van der Waals surface area contributed by atoms with Crippen molar-refractivity contribution in [2.24, 2.45) is 11.3 Å². The van der Waals surface area contributed by atoms with Gasteiger partial charge in [-0.1, -0.05) is 69.3 Å². The van der Waals surface area contributed by atoms with Gasteiger partial charge in [0.15, 0.2) is 0 Å². The number of likely N-dealkylation sites (tertiary alicyclic amines) is 1. The molecule has 1 fully saturated rings. The third kappa shape index (κ3) is 4.08. The standard InChI is InChI=1S/C26H30N2O5/c1-15(23(29)28-14-26(3,4)22(28)24(30)31)16(2)27-25(32)33-13-21-19-11-7-5-9-17(19)18-10-6-8-12-20(18)21/h5-12,15-16,21-22H,13-14H2,1-4H3,(H,27,32)(H,30,31). The van der Waals surface area contributed by atoms with E-state index >= 15 is 0 Å². The third-order valence-electron chi connectivity index (χ3n) is 6.98. The van der Waals surface area contributed by atoms with Gasteiger partial charge in [-0.05, 0) is 29.2 Å². The van der Waals surface area contributed by atoms with Crippen LogP contribution >= 0.6 is 0 Å². The van der Waals surface area contributed by atoms with Crippen LogP contribution in [0.5, 0.6) is 0 Å². The van der Waals surface area contributed by atoms with E-state index in [0.717, 1.165) is 22.3 Å². The number of benzene rings is 2. The first-order valence-electron chi connectivity index (χ1n) is 11.3. The van der Waals surface area contributed by atoms with Crippen LogP contribution in [-0.4, -0.2) is 53.2 Å². The number of amides is 2. The Morgan fingerprint density at radius 1 is 1.06 bits per heavy atom. The van der Waals surface area contributed by atoms with Crippen LogP contribution in [0.25, 0.3) is 11.1 Å². The predicted octanol–water partition coefficient (Wildman–Crippen LogP) is 3.87. The predicted molar refractivity (Wildman–Crippen MR) is 124 cm³/mol. The monoisotopic (exact) mass is 450 g/mol. The van der Waals surface area contributed by atoms with Gasteiger partial charge in [-0.3, -0.25) is 4.79 Å². The summed E-state index contributed by atoms with van der Waals surface area (Å²) in [6, 6.07) is 14.9. The second-order valence-electron chi connectivity index (χ2n) is 9.74. The van der Waals surface area contributed by atoms with E-state index in [0.29, 0.717) is 6.54 Å². The molecule has 2 aromatic carbocycles. The van der Waals surface area contributed by atoms with Crippen LogP contribution in [0.1, 0.15) is 44.7 Å². The van der Waals surface area contributed by atoms with Crippen LogP contribution in [0, 0.1) is 11.3 Å². The molecule has 0 saturated carbocycles. The topological polar surface area (TPSA) is 95.9 Å². The summed E-state index contributed by atoms with van der Waals surface area (Å²) in [7, 11) is 0. The van der Waals surface area contributed by atoms with Gasteiger partial charge < -0.3 is 20.1 Å². The number of carbonyl (C=O) groups is 3. The minimum Gasteiger partial charge on any atom is -0.480 e. The minimum absolute atomic E-state index is 0.0443. The minimum atomic E-state index is -1.01. The van der Waals surface area contributed by atoms with Crippen molar-refractivity contribution < 1.29 is 24.2 Å². The summed E-state index contributed by atoms with van der Waals surface area (Å²) in [4.78, 5) is 38.4. The highest BCUT2D eigenvalue weighted by molar-refractivity contribution is 5.88. The highest BCUT2D eigenvalue weighted by Crippen LogP contribution is 2.44. The van der Waals surface area contributed by atoms with E-state index in [1.807, 2.05) is 38.1 Å². The van der Waals surface area contributed by atoms with E-state index in [-0.39, 0.29) is 18.4 Å². The van der Waals surface area contributed by atoms with Gasteiger partial charge in [-0.2, -0.15) is 0 Å². The summed E-state index contributed by atoms with van der Waals surface area (Å²) < 4.78 is 5.56. The fraction of sp³-hybridized carbons (Fsp3) is 0.423. The largest absolute Gasteiger partial charge is 0.480 e. The normalized spacial score (nSPS) is 20.1. The number of hydrogen-bond acceptors (Lipinski definition) is 4. The first-order chi connectivity index (χ1) is 15.6. The molecule has 0 radical (unpaired) electrons. The van der Waals surface area contributed by atoms with E-state index in [4.69, 9.17) is 4.74 Å². The number of fused-ring (bicyclic) bond motifs is 3. The van der Waals surface area contributed by atoms with Crippen molar-refractivity contribution in [3.63, 3.8) is 0 Å². The molecule has 174 valence electrons. The van der Waals surface area contributed by atoms with Crippen LogP contribution in [-0.2, 0) is 14.3 Å². The lowest BCUT2D eigenvalue weighted by Crippen LogP contribution is -2.68. The first kappa shape index (κ1) is 22.8. The second-order valence-corrected chi connectivity index (χ2v) is 9.74. The second kappa shape index (κ2) is 8.54. The van der Waals surface area contributed by atoms with Crippen molar-refractivity contribution >= 4 is 18.0 Å². The highest BCUT2D eigenvalue weighted by Gasteiger charge is 2.53. The summed E-state index contributed by atoms with van der Waals surface area (Å²) in [5.41, 5.74) is 4.09. The van der Waals surface area contributed by atoms with E-state index in [1.54, 1.807) is 13.8 Å². The lowest BCUT2D eigenvalue weighted by Gasteiger charge is -2.52. The van der Waals surface area contributed by atoms with Crippen molar-refractivity contribution in [2.75, 3.05) is 13.2 Å². The van der Waals surface area contributed by atoms with Gasteiger partial charge in [-0.15, -0.1) is 0 Å². The van der Waals surface area contributed by atoms with Gasteiger partial charge in [0.05, 0.1) is 5.92 Å². The Morgan fingerprint density at radius 3 is 2.12 bits per heavy atom. The maximum absolute atomic E-state index is 12.9. The molecule has 3 atom stereocenters. The van der Waals surface area contributed by atoms with Crippen LogP contribution in [0.2, 0.25) is 0 Å². The number of hydrogen-bond donors (Lipinski definition) is 2. The molecule has 1 aliphatic carbocycles. The number of ether oxygens (including phenoxy) is 1. The molecular formula is C26H30N2O5. The number of nitrogens with one attached hydrogen (secondary N) is 1. The fourth-order valence-electron chi connectivity index (χ4n) is 5.03. The van der Waals surface area contributed by atoms with E-state index in [1.165, 1.54) is 4.90 Å². The quantitative estimate of drug-likeness (QED) is 0.697. The van der Waals surface area contributed by atoms with Crippen molar-refractivity contribution in [1.82, 2.24) is 10.2 Å². The molecule has 2 N–H and O–H groups in total. The molecule has 2 aliphatic rings. The molecule has 1 aliphatic heterocycles. The average molecular weight is 451 g/mol. The highest BCUT2D eigenvalue weighted by atomic mass is 16.5. The molecule has 1 heterocycles. The number of carboxylic acids is 1. The van der Waals surface area contributed by atoms with Gasteiger partial charge in [0, 0.05) is 23.9 Å². The van der Waals surface area contributed by atoms with Crippen molar-refractivity contribution in [3.8, 4) is 11.1 Å². The number of nitrogens with zero attached hydrogens (tertiary/aromatic N) is 1. The SMILES string of the molecule is CC(NC(=O)OCC1c2ccccc2-c2ccccc21)C(C)C(=O)N1CC(C)(C)C1C(=O)O. The third-order valence-corrected chi connectivity index (χ3v) is 6.98. The fourth-order valence-corrected chi connectivity index (χ4v) is 5.03. The number of carboxylic acid groups (broad SMARTS) is 1. The molecule has 2 amide bonds. The van der Waals surface area contributed by atoms with Crippen molar-refractivity contribution in [2.45, 2.75) is 45.7 Å². The Hall–Kier alpha value is -3.35. The molecule has 3 unspecified atom stereocenters. The van der Waals surface area contributed by atoms with Crippen LogP contribution in [0.15, 0.2) is 48.5 Å². The van der Waals surface area contributed by atoms with Crippen molar-refractivity contribution in [3.05, 3.63) is 59.7 Å². The van der Waals surface area contributed by atoms with Crippen molar-refractivity contribution in [1.29, 1.82) is 0 Å². The first-order valence-corrected chi connectivity index (χ1v) is 11.3. The summed E-state index contributed by atoms with van der Waals surface area (Å²) in [6.45, 7) is 7.66. The zero-order valence-electron chi connectivity index (χ0n) is 19.4. The van der Waals surface area contributed by atoms with Gasteiger partial charge >= 0.3 is 12.1 Å². The number of aliphatic carboxylic acids is 1. The summed E-state index contributed by atoms with van der Waals surface area (Å²) in [5.74, 6) is -1.92. The molecule has 0 aromatic heterocycles. The summed E-state index contributed by atoms with van der Waals surface area (Å²) in [6.07, 6.45) is -0.595. The lowest BCUT2D eigenvalue weighted by molar-refractivity contribution is -0.174. The lowest BCUT2D eigenvalue weighted by atomic mass is 9.74. The summed E-state index contributed by atoms with van der Waals surface area (Å²) >= 11 is 0. The molecule has 0 bridgehead atoms. The molecule has 0 spiro atoms. The smallest absolute Gasteiger partial charge is 0.407 e. The van der Waals surface area contributed by atoms with Gasteiger partial charge in [-0.25, -0.2) is 9.59 Å². The molecule has 1 saturated heterocycles. The maximum Gasteiger partial charge on any atom is 0.407 e. The molecule has 7 nitrogen and oxygen atoms in total. The zero-order chi connectivity index (χ0) is 23.9. The summed E-state index contributed by atoms with van der Waals surface area (Å²) in [5, 5.41) is 12.2. The molecule has 2 aromatic rings. The number of carbonyl (C=O) groups excluding carboxylic acids is 2. The molecule has 33 heavy (non-hydrogen) atoms. The van der Waals surface area contributed by atoms with Crippen LogP contribution in [0.3, 0.4) is 0 Å².